The van der Waals surface area contributed by atoms with Gasteiger partial charge in [-0.05, 0) is 42.7 Å². The number of nitrogens with one attached hydrogen (secondary N) is 1. The van der Waals surface area contributed by atoms with Crippen LogP contribution in [0, 0.1) is 13.8 Å². The van der Waals surface area contributed by atoms with Gasteiger partial charge in [0.1, 0.15) is 5.75 Å². The first-order valence-corrected chi connectivity index (χ1v) is 6.79. The van der Waals surface area contributed by atoms with E-state index in [-0.39, 0.29) is 5.91 Å². The van der Waals surface area contributed by atoms with Gasteiger partial charge in [0.2, 0.25) is 5.91 Å². The smallest absolute Gasteiger partial charge is 0.228 e. The molecule has 0 heterocycles. The minimum Gasteiger partial charge on any atom is -0.494 e. The van der Waals surface area contributed by atoms with Crippen LogP contribution in [0.15, 0.2) is 36.4 Å². The molecule has 0 saturated carbocycles. The summed E-state index contributed by atoms with van der Waals surface area (Å²) in [6.45, 7) is 4.10. The largest absolute Gasteiger partial charge is 0.494 e. The van der Waals surface area contributed by atoms with Crippen molar-refractivity contribution < 1.29 is 9.53 Å². The third kappa shape index (κ3) is 3.75. The van der Waals surface area contributed by atoms with Crippen LogP contribution in [0.1, 0.15) is 16.7 Å². The highest BCUT2D eigenvalue weighted by molar-refractivity contribution is 5.94. The van der Waals surface area contributed by atoms with Crippen molar-refractivity contribution in [1.82, 2.24) is 0 Å². The lowest BCUT2D eigenvalue weighted by molar-refractivity contribution is -0.115. The molecule has 0 unspecified atom stereocenters. The van der Waals surface area contributed by atoms with Gasteiger partial charge in [-0.15, -0.1) is 0 Å². The average Bonchev–Trinajstić information content (AvgIpc) is 2.44. The van der Waals surface area contributed by atoms with Crippen LogP contribution in [-0.4, -0.2) is 13.0 Å². The van der Waals surface area contributed by atoms with Crippen LogP contribution in [0.5, 0.6) is 5.75 Å². The Hall–Kier alpha value is -2.49. The summed E-state index contributed by atoms with van der Waals surface area (Å²) in [5.74, 6) is 0.477. The summed E-state index contributed by atoms with van der Waals surface area (Å²) in [7, 11) is 1.55. The fraction of sp³-hybridized carbons (Fsp3) is 0.235. The minimum atomic E-state index is -0.0821. The lowest BCUT2D eigenvalue weighted by Crippen LogP contribution is -2.15. The fourth-order valence-electron chi connectivity index (χ4n) is 2.10. The zero-order valence-corrected chi connectivity index (χ0v) is 12.6. The molecule has 0 bridgehead atoms. The number of carbonyl (C=O) groups is 1. The molecular formula is C17H20N2O2. The molecular weight excluding hydrogens is 264 g/mol. The van der Waals surface area contributed by atoms with Crippen LogP contribution in [0.25, 0.3) is 0 Å². The number of anilines is 2. The highest BCUT2D eigenvalue weighted by Crippen LogP contribution is 2.26. The number of carbonyl (C=O) groups excluding carboxylic acids is 1. The standard InChI is InChI=1S/C17H20N2O2/c1-11-4-5-13(8-12(11)2)9-17(20)19-15-7-6-14(18)10-16(15)21-3/h4-8,10H,9,18H2,1-3H3,(H,19,20). The number of aryl methyl sites for hydroxylation is 2. The van der Waals surface area contributed by atoms with Crippen LogP contribution >= 0.6 is 0 Å². The number of benzene rings is 2. The molecule has 3 N–H and O–H groups in total. The molecule has 0 aromatic heterocycles. The van der Waals surface area contributed by atoms with Crippen molar-refractivity contribution in [2.45, 2.75) is 20.3 Å². The van der Waals surface area contributed by atoms with Crippen LogP contribution < -0.4 is 15.8 Å². The molecule has 0 fully saturated rings. The number of amides is 1. The van der Waals surface area contributed by atoms with Crippen LogP contribution in [-0.2, 0) is 11.2 Å². The zero-order valence-electron chi connectivity index (χ0n) is 12.6. The molecule has 0 aliphatic heterocycles. The molecule has 110 valence electrons. The highest BCUT2D eigenvalue weighted by Gasteiger charge is 2.09. The molecule has 2 aromatic carbocycles. The second-order valence-electron chi connectivity index (χ2n) is 5.10. The van der Waals surface area contributed by atoms with Gasteiger partial charge in [-0.2, -0.15) is 0 Å². The van der Waals surface area contributed by atoms with Crippen molar-refractivity contribution in [2.75, 3.05) is 18.2 Å². The maximum Gasteiger partial charge on any atom is 0.228 e. The zero-order chi connectivity index (χ0) is 15.4. The molecule has 0 radical (unpaired) electrons. The minimum absolute atomic E-state index is 0.0821. The summed E-state index contributed by atoms with van der Waals surface area (Å²) >= 11 is 0. The summed E-state index contributed by atoms with van der Waals surface area (Å²) in [4.78, 5) is 12.1. The number of ether oxygens (including phenoxy) is 1. The predicted octanol–water partition coefficient (Wildman–Crippen LogP) is 3.08. The van der Waals surface area contributed by atoms with E-state index in [0.717, 1.165) is 5.56 Å². The molecule has 1 amide bonds. The van der Waals surface area contributed by atoms with E-state index in [1.165, 1.54) is 11.1 Å². The number of hydrogen-bond donors (Lipinski definition) is 2. The molecule has 2 aromatic rings. The lowest BCUT2D eigenvalue weighted by Gasteiger charge is -2.11. The molecule has 4 nitrogen and oxygen atoms in total. The Morgan fingerprint density at radius 3 is 2.57 bits per heavy atom. The highest BCUT2D eigenvalue weighted by atomic mass is 16.5. The van der Waals surface area contributed by atoms with Crippen LogP contribution in [0.3, 0.4) is 0 Å². The van der Waals surface area contributed by atoms with E-state index >= 15 is 0 Å². The number of rotatable bonds is 4. The van der Waals surface area contributed by atoms with Gasteiger partial charge < -0.3 is 15.8 Å². The molecule has 0 aliphatic rings. The maximum absolute atomic E-state index is 12.1. The van der Waals surface area contributed by atoms with Gasteiger partial charge in [0.15, 0.2) is 0 Å². The number of nitrogens with two attached hydrogens (primary N) is 1. The molecule has 0 saturated heterocycles. The first-order valence-electron chi connectivity index (χ1n) is 6.79. The third-order valence-corrected chi connectivity index (χ3v) is 3.44. The molecule has 21 heavy (non-hydrogen) atoms. The van der Waals surface area contributed by atoms with Gasteiger partial charge in [0.25, 0.3) is 0 Å². The van der Waals surface area contributed by atoms with Crippen molar-refractivity contribution in [3.05, 3.63) is 53.1 Å². The van der Waals surface area contributed by atoms with Crippen LogP contribution in [0.4, 0.5) is 11.4 Å². The van der Waals surface area contributed by atoms with E-state index < -0.39 is 0 Å². The quantitative estimate of drug-likeness (QED) is 0.848. The summed E-state index contributed by atoms with van der Waals surface area (Å²) in [6.07, 6.45) is 0.328. The Labute approximate surface area is 124 Å². The first-order chi connectivity index (χ1) is 9.99. The van der Waals surface area contributed by atoms with Gasteiger partial charge in [-0.25, -0.2) is 0 Å². The van der Waals surface area contributed by atoms with E-state index in [0.29, 0.717) is 23.5 Å². The van der Waals surface area contributed by atoms with E-state index in [2.05, 4.69) is 12.2 Å². The predicted molar refractivity (Wildman–Crippen MR) is 85.7 cm³/mol. The van der Waals surface area contributed by atoms with Crippen molar-refractivity contribution in [1.29, 1.82) is 0 Å². The van der Waals surface area contributed by atoms with E-state index in [9.17, 15) is 4.79 Å². The van der Waals surface area contributed by atoms with Crippen LogP contribution in [0.2, 0.25) is 0 Å². The normalized spacial score (nSPS) is 10.2. The third-order valence-electron chi connectivity index (χ3n) is 3.44. The van der Waals surface area contributed by atoms with Crippen molar-refractivity contribution in [3.8, 4) is 5.75 Å². The topological polar surface area (TPSA) is 64.3 Å². The Morgan fingerprint density at radius 1 is 1.14 bits per heavy atom. The average molecular weight is 284 g/mol. The number of hydrogen-bond acceptors (Lipinski definition) is 3. The molecule has 4 heteroatoms. The second kappa shape index (κ2) is 6.31. The summed E-state index contributed by atoms with van der Waals surface area (Å²) in [5, 5.41) is 2.85. The fourth-order valence-corrected chi connectivity index (χ4v) is 2.10. The van der Waals surface area contributed by atoms with Gasteiger partial charge in [-0.1, -0.05) is 18.2 Å². The van der Waals surface area contributed by atoms with E-state index in [1.807, 2.05) is 25.1 Å². The summed E-state index contributed by atoms with van der Waals surface area (Å²) < 4.78 is 5.22. The van der Waals surface area contributed by atoms with Gasteiger partial charge in [0, 0.05) is 11.8 Å². The first kappa shape index (κ1) is 14.9. The van der Waals surface area contributed by atoms with E-state index in [1.54, 1.807) is 25.3 Å². The van der Waals surface area contributed by atoms with Crippen molar-refractivity contribution in [2.24, 2.45) is 0 Å². The SMILES string of the molecule is COc1cc(N)ccc1NC(=O)Cc1ccc(C)c(C)c1. The van der Waals surface area contributed by atoms with Gasteiger partial charge in [-0.3, -0.25) is 4.79 Å². The van der Waals surface area contributed by atoms with Gasteiger partial charge in [0.05, 0.1) is 19.2 Å². The molecule has 0 aliphatic carbocycles. The summed E-state index contributed by atoms with van der Waals surface area (Å²) in [5.41, 5.74) is 10.3. The van der Waals surface area contributed by atoms with Crippen molar-refractivity contribution >= 4 is 17.3 Å². The van der Waals surface area contributed by atoms with Gasteiger partial charge >= 0.3 is 0 Å². The molecule has 0 spiro atoms. The number of methoxy groups -OCH3 is 1. The number of nitrogen functional groups attached to an aromatic ring is 1. The Kier molecular flexibility index (Phi) is 4.48. The van der Waals surface area contributed by atoms with E-state index in [4.69, 9.17) is 10.5 Å². The van der Waals surface area contributed by atoms with Crippen molar-refractivity contribution in [3.63, 3.8) is 0 Å². The summed E-state index contributed by atoms with van der Waals surface area (Å²) in [6, 6.07) is 11.2. The lowest BCUT2D eigenvalue weighted by atomic mass is 10.0. The Morgan fingerprint density at radius 2 is 1.90 bits per heavy atom. The second-order valence-corrected chi connectivity index (χ2v) is 5.10. The Bertz CT molecular complexity index is 666. The monoisotopic (exact) mass is 284 g/mol. The maximum atomic E-state index is 12.1. The molecule has 0 atom stereocenters. The molecule has 2 rings (SSSR count). The Balaban J connectivity index is 2.09.